The molecule has 2 rings (SSSR count). The van der Waals surface area contributed by atoms with E-state index in [2.05, 4.69) is 11.9 Å². The minimum Gasteiger partial charge on any atom is -0.339 e. The fraction of sp³-hybridized carbons (Fsp3) is 0.500. The lowest BCUT2D eigenvalue weighted by Gasteiger charge is -2.23. The molecule has 1 amide bonds. The van der Waals surface area contributed by atoms with Gasteiger partial charge in [-0.15, -0.1) is 0 Å². The first-order chi connectivity index (χ1) is 9.70. The summed E-state index contributed by atoms with van der Waals surface area (Å²) in [4.78, 5) is 18.1. The molecule has 3 nitrogen and oxygen atoms in total. The van der Waals surface area contributed by atoms with Crippen molar-refractivity contribution in [2.24, 2.45) is 0 Å². The number of hydrogen-bond donors (Lipinski definition) is 0. The van der Waals surface area contributed by atoms with Gasteiger partial charge in [0.1, 0.15) is 0 Å². The summed E-state index contributed by atoms with van der Waals surface area (Å²) in [6.07, 6.45) is 10.5. The van der Waals surface area contributed by atoms with Crippen LogP contribution < -0.4 is 0 Å². The number of likely N-dealkylation sites (N-methyl/N-ethyl adjacent to an activating group) is 1. The number of nitrogens with zero attached hydrogens (tertiary/aromatic N) is 2. The van der Waals surface area contributed by atoms with Gasteiger partial charge >= 0.3 is 0 Å². The quantitative estimate of drug-likeness (QED) is 0.781. The molecule has 0 radical (unpaired) electrons. The van der Waals surface area contributed by atoms with Crippen molar-refractivity contribution in [1.82, 2.24) is 9.88 Å². The third kappa shape index (κ3) is 4.10. The molecule has 0 spiro atoms. The van der Waals surface area contributed by atoms with Gasteiger partial charge in [0.2, 0.25) is 5.91 Å². The SMILES string of the molecule is CCS[C@H]1CC[C@@H](N(C)C(=O)/C=C/c2cccnc2)C1. The fourth-order valence-electron chi connectivity index (χ4n) is 2.60. The van der Waals surface area contributed by atoms with Crippen molar-refractivity contribution in [3.05, 3.63) is 36.2 Å². The molecular weight excluding hydrogens is 268 g/mol. The average Bonchev–Trinajstić information content (AvgIpc) is 2.94. The van der Waals surface area contributed by atoms with Crippen molar-refractivity contribution < 1.29 is 4.79 Å². The van der Waals surface area contributed by atoms with Gasteiger partial charge in [-0.2, -0.15) is 11.8 Å². The number of thioether (sulfide) groups is 1. The lowest BCUT2D eigenvalue weighted by molar-refractivity contribution is -0.126. The van der Waals surface area contributed by atoms with Crippen molar-refractivity contribution in [2.75, 3.05) is 12.8 Å². The monoisotopic (exact) mass is 290 g/mol. The van der Waals surface area contributed by atoms with Crippen molar-refractivity contribution >= 4 is 23.7 Å². The molecule has 20 heavy (non-hydrogen) atoms. The normalized spacial score (nSPS) is 22.3. The van der Waals surface area contributed by atoms with Crippen LogP contribution in [0.1, 0.15) is 31.7 Å². The molecule has 0 aliphatic heterocycles. The molecule has 0 bridgehead atoms. The average molecular weight is 290 g/mol. The number of amides is 1. The minimum atomic E-state index is 0.0843. The maximum Gasteiger partial charge on any atom is 0.246 e. The first kappa shape index (κ1) is 15.1. The van der Waals surface area contributed by atoms with Gasteiger partial charge in [0.05, 0.1) is 0 Å². The number of aromatic nitrogens is 1. The number of pyridine rings is 1. The van der Waals surface area contributed by atoms with Gasteiger partial charge in [0.15, 0.2) is 0 Å². The van der Waals surface area contributed by atoms with Crippen molar-refractivity contribution in [3.63, 3.8) is 0 Å². The molecule has 1 heterocycles. The smallest absolute Gasteiger partial charge is 0.246 e. The highest BCUT2D eigenvalue weighted by Gasteiger charge is 2.28. The zero-order chi connectivity index (χ0) is 14.4. The molecule has 0 aromatic carbocycles. The summed E-state index contributed by atoms with van der Waals surface area (Å²) in [5.41, 5.74) is 0.958. The van der Waals surface area contributed by atoms with Crippen LogP contribution in [0.2, 0.25) is 0 Å². The van der Waals surface area contributed by atoms with Gasteiger partial charge in [-0.05, 0) is 42.7 Å². The predicted molar refractivity (Wildman–Crippen MR) is 85.6 cm³/mol. The summed E-state index contributed by atoms with van der Waals surface area (Å²) >= 11 is 2.02. The van der Waals surface area contributed by atoms with E-state index in [9.17, 15) is 4.79 Å². The fourth-order valence-corrected chi connectivity index (χ4v) is 3.73. The third-order valence-electron chi connectivity index (χ3n) is 3.76. The van der Waals surface area contributed by atoms with Gasteiger partial charge in [-0.1, -0.05) is 13.0 Å². The van der Waals surface area contributed by atoms with E-state index in [4.69, 9.17) is 0 Å². The molecule has 1 fully saturated rings. The Morgan fingerprint density at radius 3 is 3.10 bits per heavy atom. The van der Waals surface area contributed by atoms with E-state index in [1.54, 1.807) is 18.5 Å². The van der Waals surface area contributed by atoms with E-state index in [-0.39, 0.29) is 5.91 Å². The molecule has 0 N–H and O–H groups in total. The van der Waals surface area contributed by atoms with Crippen LogP contribution in [0.5, 0.6) is 0 Å². The van der Waals surface area contributed by atoms with Crippen molar-refractivity contribution in [1.29, 1.82) is 0 Å². The molecule has 1 aliphatic rings. The van der Waals surface area contributed by atoms with Crippen molar-refractivity contribution in [2.45, 2.75) is 37.5 Å². The highest BCUT2D eigenvalue weighted by atomic mass is 32.2. The van der Waals surface area contributed by atoms with E-state index < -0.39 is 0 Å². The predicted octanol–water partition coefficient (Wildman–Crippen LogP) is 3.23. The Hall–Kier alpha value is -1.29. The van der Waals surface area contributed by atoms with E-state index in [0.717, 1.165) is 29.4 Å². The molecule has 2 atom stereocenters. The molecule has 0 saturated heterocycles. The Morgan fingerprint density at radius 1 is 1.55 bits per heavy atom. The third-order valence-corrected chi connectivity index (χ3v) is 4.99. The zero-order valence-electron chi connectivity index (χ0n) is 12.2. The molecule has 4 heteroatoms. The molecule has 108 valence electrons. The number of carbonyl (C=O) groups excluding carboxylic acids is 1. The Balaban J connectivity index is 1.88. The lowest BCUT2D eigenvalue weighted by Crippen LogP contribution is -2.34. The van der Waals surface area contributed by atoms with Gasteiger partial charge in [0.25, 0.3) is 0 Å². The number of hydrogen-bond acceptors (Lipinski definition) is 3. The Bertz CT molecular complexity index is 461. The maximum atomic E-state index is 12.2. The molecule has 1 aromatic heterocycles. The van der Waals surface area contributed by atoms with E-state index in [1.807, 2.05) is 41.9 Å². The molecule has 1 aliphatic carbocycles. The lowest BCUT2D eigenvalue weighted by atomic mass is 10.2. The van der Waals surface area contributed by atoms with Crippen LogP contribution in [0.4, 0.5) is 0 Å². The van der Waals surface area contributed by atoms with Crippen LogP contribution in [0.15, 0.2) is 30.6 Å². The second kappa shape index (κ2) is 7.48. The second-order valence-corrected chi connectivity index (χ2v) is 6.69. The highest BCUT2D eigenvalue weighted by Crippen LogP contribution is 2.32. The summed E-state index contributed by atoms with van der Waals surface area (Å²) in [5, 5.41) is 0.725. The van der Waals surface area contributed by atoms with E-state index >= 15 is 0 Å². The van der Waals surface area contributed by atoms with E-state index in [0.29, 0.717) is 6.04 Å². The van der Waals surface area contributed by atoms with Crippen LogP contribution in [0.3, 0.4) is 0 Å². The van der Waals surface area contributed by atoms with Gasteiger partial charge in [-0.25, -0.2) is 0 Å². The minimum absolute atomic E-state index is 0.0843. The summed E-state index contributed by atoms with van der Waals surface area (Å²) in [6, 6.07) is 4.21. The van der Waals surface area contributed by atoms with Gasteiger partial charge in [0, 0.05) is 36.8 Å². The molecule has 1 aromatic rings. The maximum absolute atomic E-state index is 12.2. The number of carbonyl (C=O) groups is 1. The second-order valence-electron chi connectivity index (χ2n) is 5.11. The molecule has 1 saturated carbocycles. The summed E-state index contributed by atoms with van der Waals surface area (Å²) in [6.45, 7) is 2.20. The van der Waals surface area contributed by atoms with Crippen molar-refractivity contribution in [3.8, 4) is 0 Å². The molecule has 0 unspecified atom stereocenters. The van der Waals surface area contributed by atoms with Crippen LogP contribution >= 0.6 is 11.8 Å². The van der Waals surface area contributed by atoms with Gasteiger partial charge < -0.3 is 4.90 Å². The summed E-state index contributed by atoms with van der Waals surface area (Å²) in [7, 11) is 1.92. The highest BCUT2D eigenvalue weighted by molar-refractivity contribution is 7.99. The first-order valence-electron chi connectivity index (χ1n) is 7.17. The largest absolute Gasteiger partial charge is 0.339 e. The van der Waals surface area contributed by atoms with Crippen LogP contribution in [0, 0.1) is 0 Å². The Labute approximate surface area is 125 Å². The van der Waals surface area contributed by atoms with E-state index in [1.165, 1.54) is 6.42 Å². The number of rotatable bonds is 5. The van der Waals surface area contributed by atoms with Crippen LogP contribution in [-0.4, -0.2) is 39.9 Å². The zero-order valence-corrected chi connectivity index (χ0v) is 13.0. The standard InChI is InChI=1S/C16H22N2OS/c1-3-20-15-8-7-14(11-15)18(2)16(19)9-6-13-5-4-10-17-12-13/h4-6,9-10,12,14-15H,3,7-8,11H2,1-2H3/b9-6+/t14-,15+/m1/s1. The van der Waals surface area contributed by atoms with Crippen LogP contribution in [0.25, 0.3) is 6.08 Å². The Kier molecular flexibility index (Phi) is 5.65. The topological polar surface area (TPSA) is 33.2 Å². The first-order valence-corrected chi connectivity index (χ1v) is 8.22. The summed E-state index contributed by atoms with van der Waals surface area (Å²) in [5.74, 6) is 1.25. The summed E-state index contributed by atoms with van der Waals surface area (Å²) < 4.78 is 0. The van der Waals surface area contributed by atoms with Crippen LogP contribution in [-0.2, 0) is 4.79 Å². The van der Waals surface area contributed by atoms with Gasteiger partial charge in [-0.3, -0.25) is 9.78 Å². The Morgan fingerprint density at radius 2 is 2.40 bits per heavy atom. The molecular formula is C16H22N2OS.